The van der Waals surface area contributed by atoms with Crippen LogP contribution in [0.5, 0.6) is 0 Å². The summed E-state index contributed by atoms with van der Waals surface area (Å²) in [7, 11) is 1.74. The van der Waals surface area contributed by atoms with Crippen molar-refractivity contribution < 1.29 is 18.7 Å². The molecule has 1 amide bonds. The van der Waals surface area contributed by atoms with Crippen molar-refractivity contribution in [3.63, 3.8) is 0 Å². The number of ether oxygens (including phenoxy) is 1. The first kappa shape index (κ1) is 18.4. The second kappa shape index (κ2) is 8.25. The van der Waals surface area contributed by atoms with Gasteiger partial charge in [-0.15, -0.1) is 11.8 Å². The number of esters is 1. The Bertz CT molecular complexity index is 810. The lowest BCUT2D eigenvalue weighted by atomic mass is 10.4. The zero-order valence-electron chi connectivity index (χ0n) is 13.5. The minimum Gasteiger partial charge on any atom is -0.462 e. The Balaban J connectivity index is 2.12. The molecule has 24 heavy (non-hydrogen) atoms. The molecule has 0 aliphatic carbocycles. The maximum Gasteiger partial charge on any atom is 0.350 e. The van der Waals surface area contributed by atoms with E-state index in [9.17, 15) is 14.0 Å². The average Bonchev–Trinajstić information content (AvgIpc) is 2.83. The number of hydrogen-bond donors (Lipinski definition) is 0. The predicted octanol–water partition coefficient (Wildman–Crippen LogP) is 2.93. The maximum atomic E-state index is 12.8. The third-order valence-electron chi connectivity index (χ3n) is 3.17. The summed E-state index contributed by atoms with van der Waals surface area (Å²) >= 11 is 2.41. The second-order valence-electron chi connectivity index (χ2n) is 4.83. The van der Waals surface area contributed by atoms with E-state index in [4.69, 9.17) is 4.74 Å². The van der Waals surface area contributed by atoms with E-state index in [0.717, 1.165) is 16.2 Å². The van der Waals surface area contributed by atoms with E-state index < -0.39 is 5.97 Å². The molecular formula is C16H17FN2O3S2. The SMILES string of the molecule is CCOC(=O)c1sc(=NC(=O)CSc2ccc(F)cc2)n(C)c1C. The summed E-state index contributed by atoms with van der Waals surface area (Å²) < 4.78 is 19.5. The molecule has 0 unspecified atom stereocenters. The van der Waals surface area contributed by atoms with Gasteiger partial charge in [-0.3, -0.25) is 4.79 Å². The van der Waals surface area contributed by atoms with Gasteiger partial charge < -0.3 is 9.30 Å². The molecule has 128 valence electrons. The van der Waals surface area contributed by atoms with Crippen LogP contribution in [0.1, 0.15) is 22.3 Å². The van der Waals surface area contributed by atoms with Gasteiger partial charge in [-0.1, -0.05) is 11.3 Å². The summed E-state index contributed by atoms with van der Waals surface area (Å²) in [6.45, 7) is 3.81. The fourth-order valence-electron chi connectivity index (χ4n) is 1.83. The van der Waals surface area contributed by atoms with Gasteiger partial charge in [0.25, 0.3) is 5.91 Å². The summed E-state index contributed by atoms with van der Waals surface area (Å²) in [5.74, 6) is -0.915. The summed E-state index contributed by atoms with van der Waals surface area (Å²) in [6.07, 6.45) is 0. The van der Waals surface area contributed by atoms with Gasteiger partial charge in [-0.05, 0) is 38.1 Å². The Morgan fingerprint density at radius 3 is 2.62 bits per heavy atom. The number of amides is 1. The first-order valence-corrected chi connectivity index (χ1v) is 9.02. The average molecular weight is 368 g/mol. The Morgan fingerprint density at radius 2 is 2.00 bits per heavy atom. The molecule has 0 spiro atoms. The van der Waals surface area contributed by atoms with E-state index in [2.05, 4.69) is 4.99 Å². The lowest BCUT2D eigenvalue weighted by Gasteiger charge is -2.00. The topological polar surface area (TPSA) is 60.7 Å². The molecule has 0 aliphatic heterocycles. The summed E-state index contributed by atoms with van der Waals surface area (Å²) in [4.78, 5) is 29.6. The number of rotatable bonds is 5. The summed E-state index contributed by atoms with van der Waals surface area (Å²) in [6, 6.07) is 5.92. The predicted molar refractivity (Wildman–Crippen MR) is 91.7 cm³/mol. The van der Waals surface area contributed by atoms with Crippen LogP contribution in [0.15, 0.2) is 34.2 Å². The van der Waals surface area contributed by atoms with Gasteiger partial charge in [-0.25, -0.2) is 9.18 Å². The fraction of sp³-hybridized carbons (Fsp3) is 0.312. The van der Waals surface area contributed by atoms with Crippen LogP contribution >= 0.6 is 23.1 Å². The zero-order valence-corrected chi connectivity index (χ0v) is 15.2. The van der Waals surface area contributed by atoms with E-state index in [1.807, 2.05) is 0 Å². The number of thioether (sulfide) groups is 1. The second-order valence-corrected chi connectivity index (χ2v) is 6.85. The van der Waals surface area contributed by atoms with Gasteiger partial charge in [0.1, 0.15) is 10.7 Å². The number of thiazole rings is 1. The first-order chi connectivity index (χ1) is 11.4. The van der Waals surface area contributed by atoms with Gasteiger partial charge in [0.2, 0.25) is 0 Å². The quantitative estimate of drug-likeness (QED) is 0.601. The Morgan fingerprint density at radius 1 is 1.33 bits per heavy atom. The van der Waals surface area contributed by atoms with Crippen molar-refractivity contribution in [2.75, 3.05) is 12.4 Å². The normalized spacial score (nSPS) is 11.6. The molecule has 0 aliphatic rings. The molecular weight excluding hydrogens is 351 g/mol. The molecule has 0 saturated carbocycles. The lowest BCUT2D eigenvalue weighted by molar-refractivity contribution is -0.115. The van der Waals surface area contributed by atoms with Crippen molar-refractivity contribution in [2.45, 2.75) is 18.7 Å². The minimum absolute atomic E-state index is 0.136. The van der Waals surface area contributed by atoms with Crippen molar-refractivity contribution in [1.82, 2.24) is 4.57 Å². The molecule has 2 aromatic rings. The van der Waals surface area contributed by atoms with Crippen LogP contribution in [0, 0.1) is 12.7 Å². The van der Waals surface area contributed by atoms with Crippen LogP contribution in [0.2, 0.25) is 0 Å². The molecule has 5 nitrogen and oxygen atoms in total. The van der Waals surface area contributed by atoms with E-state index in [0.29, 0.717) is 22.0 Å². The van der Waals surface area contributed by atoms with E-state index in [1.54, 1.807) is 37.6 Å². The molecule has 0 bridgehead atoms. The van der Waals surface area contributed by atoms with Crippen molar-refractivity contribution in [3.8, 4) is 0 Å². The third-order valence-corrected chi connectivity index (χ3v) is 5.38. The number of hydrogen-bond acceptors (Lipinski definition) is 5. The Hall–Kier alpha value is -1.93. The number of benzene rings is 1. The highest BCUT2D eigenvalue weighted by atomic mass is 32.2. The van der Waals surface area contributed by atoms with Crippen molar-refractivity contribution in [1.29, 1.82) is 0 Å². The first-order valence-electron chi connectivity index (χ1n) is 7.21. The molecule has 0 fully saturated rings. The number of carbonyl (C=O) groups excluding carboxylic acids is 2. The minimum atomic E-state index is -0.412. The Labute approximate surface area is 147 Å². The number of aromatic nitrogens is 1. The van der Waals surface area contributed by atoms with Crippen molar-refractivity contribution in [3.05, 3.63) is 45.5 Å². The van der Waals surface area contributed by atoms with Crippen LogP contribution in [-0.4, -0.2) is 28.8 Å². The zero-order chi connectivity index (χ0) is 17.7. The Kier molecular flexibility index (Phi) is 6.33. The fourth-order valence-corrected chi connectivity index (χ4v) is 3.54. The molecule has 1 aromatic carbocycles. The largest absolute Gasteiger partial charge is 0.462 e. The van der Waals surface area contributed by atoms with Gasteiger partial charge >= 0.3 is 5.97 Å². The monoisotopic (exact) mass is 368 g/mol. The summed E-state index contributed by atoms with van der Waals surface area (Å²) in [5.41, 5.74) is 0.705. The smallest absolute Gasteiger partial charge is 0.350 e. The molecule has 0 atom stereocenters. The third kappa shape index (κ3) is 4.55. The summed E-state index contributed by atoms with van der Waals surface area (Å²) in [5, 5.41) is 0. The van der Waals surface area contributed by atoms with Gasteiger partial charge in [0, 0.05) is 17.6 Å². The van der Waals surface area contributed by atoms with E-state index in [1.165, 1.54) is 23.9 Å². The van der Waals surface area contributed by atoms with Crippen LogP contribution in [0.3, 0.4) is 0 Å². The van der Waals surface area contributed by atoms with Gasteiger partial charge in [0.05, 0.1) is 12.4 Å². The lowest BCUT2D eigenvalue weighted by Crippen LogP contribution is -2.15. The molecule has 0 saturated heterocycles. The van der Waals surface area contributed by atoms with Gasteiger partial charge in [0.15, 0.2) is 4.80 Å². The highest BCUT2D eigenvalue weighted by molar-refractivity contribution is 8.00. The molecule has 1 heterocycles. The molecule has 0 radical (unpaired) electrons. The van der Waals surface area contributed by atoms with Crippen molar-refractivity contribution >= 4 is 35.0 Å². The van der Waals surface area contributed by atoms with E-state index >= 15 is 0 Å². The number of nitrogens with zero attached hydrogens (tertiary/aromatic N) is 2. The van der Waals surface area contributed by atoms with E-state index in [-0.39, 0.29) is 17.5 Å². The standard InChI is InChI=1S/C16H17FN2O3S2/c1-4-22-15(21)14-10(2)19(3)16(24-14)18-13(20)9-23-12-7-5-11(17)6-8-12/h5-8H,4,9H2,1-3H3. The molecule has 2 rings (SSSR count). The number of halogens is 1. The van der Waals surface area contributed by atoms with Crippen LogP contribution in [0.25, 0.3) is 0 Å². The highest BCUT2D eigenvalue weighted by Gasteiger charge is 2.16. The highest BCUT2D eigenvalue weighted by Crippen LogP contribution is 2.18. The van der Waals surface area contributed by atoms with Crippen LogP contribution in [-0.2, 0) is 16.6 Å². The molecule has 8 heteroatoms. The molecule has 0 N–H and O–H groups in total. The number of carbonyl (C=O) groups is 2. The molecule has 1 aromatic heterocycles. The van der Waals surface area contributed by atoms with Crippen molar-refractivity contribution in [2.24, 2.45) is 12.0 Å². The maximum absolute atomic E-state index is 12.8. The van der Waals surface area contributed by atoms with Crippen LogP contribution in [0.4, 0.5) is 4.39 Å². The van der Waals surface area contributed by atoms with Crippen LogP contribution < -0.4 is 4.80 Å². The van der Waals surface area contributed by atoms with Gasteiger partial charge in [-0.2, -0.15) is 4.99 Å².